The lowest BCUT2D eigenvalue weighted by Gasteiger charge is -2.42. The number of hydrogen-bond donors (Lipinski definition) is 1. The number of ether oxygens (including phenoxy) is 2. The topological polar surface area (TPSA) is 59.0 Å². The van der Waals surface area contributed by atoms with Crippen molar-refractivity contribution in [3.8, 4) is 11.5 Å². The van der Waals surface area contributed by atoms with Gasteiger partial charge in [-0.1, -0.05) is 39.0 Å². The summed E-state index contributed by atoms with van der Waals surface area (Å²) in [7, 11) is 1.73. The highest BCUT2D eigenvalue weighted by Gasteiger charge is 2.34. The molecule has 0 radical (unpaired) electrons. The molecule has 5 nitrogen and oxygen atoms in total. The maximum absolute atomic E-state index is 11.3. The van der Waals surface area contributed by atoms with Crippen molar-refractivity contribution < 1.29 is 19.4 Å². The van der Waals surface area contributed by atoms with Crippen LogP contribution in [0.1, 0.15) is 69.9 Å². The molecule has 2 aromatic carbocycles. The van der Waals surface area contributed by atoms with Crippen LogP contribution < -0.4 is 14.4 Å². The second-order valence-corrected chi connectivity index (χ2v) is 11.6. The Morgan fingerprint density at radius 1 is 1.11 bits per heavy atom. The SMILES string of the molecule is COc1ccc(CCCC(C)(C)C)c(N2CC(COc3cccc(C(CC(=O)O)C4CC4)c3)C2)c1. The summed E-state index contributed by atoms with van der Waals surface area (Å²) in [5.74, 6) is 2.11. The van der Waals surface area contributed by atoms with Crippen LogP contribution in [-0.2, 0) is 11.2 Å². The first kappa shape index (κ1) is 25.4. The Balaban J connectivity index is 1.32. The molecule has 1 unspecified atom stereocenters. The minimum Gasteiger partial charge on any atom is -0.497 e. The number of anilines is 1. The lowest BCUT2D eigenvalue weighted by Crippen LogP contribution is -2.49. The van der Waals surface area contributed by atoms with Crippen molar-refractivity contribution in [2.24, 2.45) is 17.3 Å². The molecule has 1 saturated heterocycles. The van der Waals surface area contributed by atoms with Crippen molar-refractivity contribution in [3.05, 3.63) is 53.6 Å². The van der Waals surface area contributed by atoms with E-state index in [1.54, 1.807) is 7.11 Å². The zero-order valence-corrected chi connectivity index (χ0v) is 21.8. The molecular weight excluding hydrogens is 438 g/mol. The smallest absolute Gasteiger partial charge is 0.303 e. The normalized spacial score (nSPS) is 17.1. The summed E-state index contributed by atoms with van der Waals surface area (Å²) < 4.78 is 11.7. The second-order valence-electron chi connectivity index (χ2n) is 11.6. The average molecular weight is 480 g/mol. The molecule has 0 aromatic heterocycles. The summed E-state index contributed by atoms with van der Waals surface area (Å²) in [6.07, 6.45) is 5.93. The van der Waals surface area contributed by atoms with Crippen molar-refractivity contribution in [2.45, 2.75) is 65.2 Å². The predicted octanol–water partition coefficient (Wildman–Crippen LogP) is 6.55. The number of benzene rings is 2. The number of carboxylic acids is 1. The quantitative estimate of drug-likeness (QED) is 0.374. The van der Waals surface area contributed by atoms with Gasteiger partial charge in [0.2, 0.25) is 0 Å². The number of carbonyl (C=O) groups is 1. The fourth-order valence-corrected chi connectivity index (χ4v) is 5.15. The number of methoxy groups -OCH3 is 1. The fourth-order valence-electron chi connectivity index (χ4n) is 5.15. The predicted molar refractivity (Wildman–Crippen MR) is 141 cm³/mol. The van der Waals surface area contributed by atoms with E-state index in [4.69, 9.17) is 9.47 Å². The van der Waals surface area contributed by atoms with Crippen LogP contribution in [-0.4, -0.2) is 37.9 Å². The average Bonchev–Trinajstić information content (AvgIpc) is 3.61. The molecule has 2 aliphatic rings. The zero-order valence-electron chi connectivity index (χ0n) is 21.8. The summed E-state index contributed by atoms with van der Waals surface area (Å²) >= 11 is 0. The Labute approximate surface area is 210 Å². The van der Waals surface area contributed by atoms with Crippen LogP contribution in [0.25, 0.3) is 0 Å². The molecule has 1 saturated carbocycles. The van der Waals surface area contributed by atoms with Crippen molar-refractivity contribution in [1.29, 1.82) is 0 Å². The monoisotopic (exact) mass is 479 g/mol. The highest BCUT2D eigenvalue weighted by molar-refractivity contribution is 5.68. The molecule has 1 aliphatic heterocycles. The highest BCUT2D eigenvalue weighted by Crippen LogP contribution is 2.45. The molecule has 0 bridgehead atoms. The second kappa shape index (κ2) is 10.9. The molecular formula is C30H41NO4. The minimum absolute atomic E-state index is 0.0972. The van der Waals surface area contributed by atoms with Crippen molar-refractivity contribution in [1.82, 2.24) is 0 Å². The summed E-state index contributed by atoms with van der Waals surface area (Å²) in [6, 6.07) is 14.6. The molecule has 1 atom stereocenters. The third kappa shape index (κ3) is 7.16. The first-order valence-corrected chi connectivity index (χ1v) is 13.1. The number of nitrogens with zero attached hydrogens (tertiary/aromatic N) is 1. The third-order valence-electron chi connectivity index (χ3n) is 7.32. The Morgan fingerprint density at radius 2 is 1.89 bits per heavy atom. The van der Waals surface area contributed by atoms with E-state index in [0.29, 0.717) is 23.9 Å². The first-order valence-electron chi connectivity index (χ1n) is 13.1. The van der Waals surface area contributed by atoms with E-state index in [0.717, 1.165) is 49.4 Å². The number of carboxylic acid groups (broad SMARTS) is 1. The van der Waals surface area contributed by atoms with Crippen molar-refractivity contribution in [3.63, 3.8) is 0 Å². The molecule has 0 amide bonds. The van der Waals surface area contributed by atoms with E-state index in [1.807, 2.05) is 18.2 Å². The Hall–Kier alpha value is -2.69. The molecule has 5 heteroatoms. The van der Waals surface area contributed by atoms with Crippen LogP contribution >= 0.6 is 0 Å². The molecule has 2 fully saturated rings. The maximum Gasteiger partial charge on any atom is 0.303 e. The molecule has 190 valence electrons. The number of rotatable bonds is 12. The third-order valence-corrected chi connectivity index (χ3v) is 7.32. The summed E-state index contributed by atoms with van der Waals surface area (Å²) in [4.78, 5) is 13.8. The van der Waals surface area contributed by atoms with E-state index in [2.05, 4.69) is 49.9 Å². The number of aliphatic carboxylic acids is 1. The van der Waals surface area contributed by atoms with E-state index in [1.165, 1.54) is 24.1 Å². The highest BCUT2D eigenvalue weighted by atomic mass is 16.5. The van der Waals surface area contributed by atoms with Crippen LogP contribution in [0.5, 0.6) is 11.5 Å². The van der Waals surface area contributed by atoms with Gasteiger partial charge < -0.3 is 19.5 Å². The Kier molecular flexibility index (Phi) is 7.93. The van der Waals surface area contributed by atoms with Gasteiger partial charge in [0.15, 0.2) is 0 Å². The summed E-state index contributed by atoms with van der Waals surface area (Å²) in [6.45, 7) is 9.53. The van der Waals surface area contributed by atoms with Gasteiger partial charge in [0, 0.05) is 30.8 Å². The molecule has 35 heavy (non-hydrogen) atoms. The molecule has 2 aromatic rings. The van der Waals surface area contributed by atoms with Gasteiger partial charge in [-0.15, -0.1) is 0 Å². The van der Waals surface area contributed by atoms with E-state index >= 15 is 0 Å². The molecule has 4 rings (SSSR count). The number of hydrogen-bond acceptors (Lipinski definition) is 4. The lowest BCUT2D eigenvalue weighted by molar-refractivity contribution is -0.137. The summed E-state index contributed by atoms with van der Waals surface area (Å²) in [5, 5.41) is 9.32. The minimum atomic E-state index is -0.724. The molecule has 1 heterocycles. The van der Waals surface area contributed by atoms with Gasteiger partial charge in [0.1, 0.15) is 11.5 Å². The standard InChI is InChI=1S/C30H41NO4/c1-30(2,3)14-6-8-23-12-13-25(34-4)16-28(23)31-18-21(19-31)20-35-26-9-5-7-24(15-26)27(17-29(32)33)22-10-11-22/h5,7,9,12-13,15-16,21-22,27H,6,8,10-11,14,17-20H2,1-4H3,(H,32,33). The summed E-state index contributed by atoms with van der Waals surface area (Å²) in [5.41, 5.74) is 4.14. The molecule has 1 N–H and O–H groups in total. The van der Waals surface area contributed by atoms with Gasteiger partial charge in [-0.25, -0.2) is 0 Å². The van der Waals surface area contributed by atoms with Crippen molar-refractivity contribution in [2.75, 3.05) is 31.7 Å². The first-order chi connectivity index (χ1) is 16.7. The van der Waals surface area contributed by atoms with Crippen LogP contribution in [0.4, 0.5) is 5.69 Å². The zero-order chi connectivity index (χ0) is 25.0. The van der Waals surface area contributed by atoms with Crippen LogP contribution in [0.15, 0.2) is 42.5 Å². The van der Waals surface area contributed by atoms with Gasteiger partial charge in [-0.05, 0) is 78.7 Å². The van der Waals surface area contributed by atoms with Gasteiger partial charge >= 0.3 is 5.97 Å². The van der Waals surface area contributed by atoms with Crippen LogP contribution in [0.2, 0.25) is 0 Å². The van der Waals surface area contributed by atoms with Gasteiger partial charge in [-0.2, -0.15) is 0 Å². The molecule has 1 aliphatic carbocycles. The van der Waals surface area contributed by atoms with Crippen LogP contribution in [0.3, 0.4) is 0 Å². The number of aryl methyl sites for hydroxylation is 1. The van der Waals surface area contributed by atoms with Crippen LogP contribution in [0, 0.1) is 17.3 Å². The van der Waals surface area contributed by atoms with Gasteiger partial charge in [0.25, 0.3) is 0 Å². The largest absolute Gasteiger partial charge is 0.497 e. The Morgan fingerprint density at radius 3 is 2.54 bits per heavy atom. The van der Waals surface area contributed by atoms with Crippen molar-refractivity contribution >= 4 is 11.7 Å². The van der Waals surface area contributed by atoms with E-state index in [9.17, 15) is 9.90 Å². The Bertz CT molecular complexity index is 1000. The van der Waals surface area contributed by atoms with E-state index < -0.39 is 5.97 Å². The fraction of sp³-hybridized carbons (Fsp3) is 0.567. The molecule has 0 spiro atoms. The lowest BCUT2D eigenvalue weighted by atomic mass is 9.88. The van der Waals surface area contributed by atoms with Gasteiger partial charge in [0.05, 0.1) is 20.1 Å². The van der Waals surface area contributed by atoms with E-state index in [-0.39, 0.29) is 12.3 Å². The van der Waals surface area contributed by atoms with Gasteiger partial charge in [-0.3, -0.25) is 4.79 Å². The maximum atomic E-state index is 11.3.